The maximum atomic E-state index is 6.17. The molecule has 28 heavy (non-hydrogen) atoms. The molecule has 8 heteroatoms. The zero-order chi connectivity index (χ0) is 18.7. The number of aliphatic imine (C=N–C) groups is 1. The Bertz CT molecular complexity index is 966. The Labute approximate surface area is 186 Å². The predicted octanol–water partition coefficient (Wildman–Crippen LogP) is 3.79. The lowest BCUT2D eigenvalue weighted by Gasteiger charge is -2.19. The molecular formula is C20H24ClIN6. The molecule has 3 aromatic rings. The highest BCUT2D eigenvalue weighted by Crippen LogP contribution is 2.48. The highest BCUT2D eigenvalue weighted by Gasteiger charge is 2.44. The summed E-state index contributed by atoms with van der Waals surface area (Å²) in [6, 6.07) is 14.0. The molecule has 1 saturated carbocycles. The monoisotopic (exact) mass is 510 g/mol. The average Bonchev–Trinajstić information content (AvgIpc) is 3.37. The second kappa shape index (κ2) is 9.09. The number of aromatic nitrogens is 3. The molecule has 4 rings (SSSR count). The lowest BCUT2D eigenvalue weighted by Crippen LogP contribution is -2.41. The number of hydrogen-bond donors (Lipinski definition) is 2. The Morgan fingerprint density at radius 3 is 2.79 bits per heavy atom. The number of halogens is 2. The molecule has 0 unspecified atom stereocenters. The molecule has 6 nitrogen and oxygen atoms in total. The van der Waals surface area contributed by atoms with E-state index < -0.39 is 0 Å². The van der Waals surface area contributed by atoms with Crippen molar-refractivity contribution in [2.24, 2.45) is 4.99 Å². The quantitative estimate of drug-likeness (QED) is 0.301. The number of nitrogens with one attached hydrogen (secondary N) is 2. The van der Waals surface area contributed by atoms with Gasteiger partial charge in [0.1, 0.15) is 6.54 Å². The number of guanidine groups is 1. The van der Waals surface area contributed by atoms with Gasteiger partial charge >= 0.3 is 0 Å². The van der Waals surface area contributed by atoms with Crippen molar-refractivity contribution in [2.45, 2.75) is 31.7 Å². The van der Waals surface area contributed by atoms with Crippen LogP contribution in [0.2, 0.25) is 5.02 Å². The third kappa shape index (κ3) is 4.57. The van der Waals surface area contributed by atoms with Crippen molar-refractivity contribution in [3.05, 3.63) is 65.1 Å². The molecular weight excluding hydrogens is 487 g/mol. The first-order chi connectivity index (χ1) is 13.2. The molecule has 0 saturated heterocycles. The summed E-state index contributed by atoms with van der Waals surface area (Å²) >= 11 is 6.17. The van der Waals surface area contributed by atoms with Gasteiger partial charge in [0, 0.05) is 29.7 Å². The molecule has 1 aromatic carbocycles. The lowest BCUT2D eigenvalue weighted by molar-refractivity contribution is 0.645. The van der Waals surface area contributed by atoms with Gasteiger partial charge in [-0.25, -0.2) is 4.99 Å². The van der Waals surface area contributed by atoms with Crippen LogP contribution in [0.4, 0.5) is 0 Å². The maximum Gasteiger partial charge on any atom is 0.191 e. The van der Waals surface area contributed by atoms with E-state index in [0.717, 1.165) is 48.4 Å². The Hall–Kier alpha value is -1.87. The van der Waals surface area contributed by atoms with Gasteiger partial charge in [-0.15, -0.1) is 34.2 Å². The van der Waals surface area contributed by atoms with Crippen LogP contribution < -0.4 is 10.6 Å². The van der Waals surface area contributed by atoms with Crippen LogP contribution in [0.5, 0.6) is 0 Å². The largest absolute Gasteiger partial charge is 0.357 e. The SMILES string of the molecule is CCNC(=NCc1nnc2ccccn12)NCC1(c2cccc(Cl)c2)CC1.I. The van der Waals surface area contributed by atoms with Crippen molar-refractivity contribution < 1.29 is 0 Å². The Morgan fingerprint density at radius 2 is 2.04 bits per heavy atom. The first-order valence-electron chi connectivity index (χ1n) is 9.27. The summed E-state index contributed by atoms with van der Waals surface area (Å²) in [7, 11) is 0. The molecule has 0 radical (unpaired) electrons. The van der Waals surface area contributed by atoms with Crippen LogP contribution in [0.15, 0.2) is 53.7 Å². The third-order valence-corrected chi connectivity index (χ3v) is 5.23. The second-order valence-electron chi connectivity index (χ2n) is 6.88. The van der Waals surface area contributed by atoms with Crippen molar-refractivity contribution in [2.75, 3.05) is 13.1 Å². The highest BCUT2D eigenvalue weighted by atomic mass is 127. The summed E-state index contributed by atoms with van der Waals surface area (Å²) in [5.41, 5.74) is 2.28. The van der Waals surface area contributed by atoms with E-state index >= 15 is 0 Å². The fourth-order valence-electron chi connectivity index (χ4n) is 3.28. The minimum absolute atomic E-state index is 0. The lowest BCUT2D eigenvalue weighted by atomic mass is 9.96. The van der Waals surface area contributed by atoms with Crippen molar-refractivity contribution in [3.8, 4) is 0 Å². The predicted molar refractivity (Wildman–Crippen MR) is 124 cm³/mol. The molecule has 2 heterocycles. The molecule has 0 bridgehead atoms. The van der Waals surface area contributed by atoms with Crippen LogP contribution in [-0.4, -0.2) is 33.6 Å². The van der Waals surface area contributed by atoms with Gasteiger partial charge in [0.25, 0.3) is 0 Å². The summed E-state index contributed by atoms with van der Waals surface area (Å²) < 4.78 is 1.96. The molecule has 0 aliphatic heterocycles. The molecule has 0 spiro atoms. The minimum Gasteiger partial charge on any atom is -0.357 e. The van der Waals surface area contributed by atoms with Gasteiger partial charge in [-0.1, -0.05) is 29.8 Å². The van der Waals surface area contributed by atoms with E-state index in [-0.39, 0.29) is 29.4 Å². The Morgan fingerprint density at radius 1 is 1.18 bits per heavy atom. The number of pyridine rings is 1. The smallest absolute Gasteiger partial charge is 0.191 e. The van der Waals surface area contributed by atoms with Gasteiger partial charge in [-0.3, -0.25) is 4.40 Å². The molecule has 0 atom stereocenters. The van der Waals surface area contributed by atoms with E-state index in [2.05, 4.69) is 39.9 Å². The van der Waals surface area contributed by atoms with E-state index in [1.165, 1.54) is 5.56 Å². The van der Waals surface area contributed by atoms with Gasteiger partial charge in [0.15, 0.2) is 17.4 Å². The van der Waals surface area contributed by atoms with E-state index in [1.807, 2.05) is 40.9 Å². The van der Waals surface area contributed by atoms with Crippen molar-refractivity contribution >= 4 is 47.2 Å². The fourth-order valence-corrected chi connectivity index (χ4v) is 3.47. The van der Waals surface area contributed by atoms with Crippen LogP contribution in [0.3, 0.4) is 0 Å². The second-order valence-corrected chi connectivity index (χ2v) is 7.32. The Kier molecular flexibility index (Phi) is 6.77. The molecule has 0 amide bonds. The maximum absolute atomic E-state index is 6.17. The summed E-state index contributed by atoms with van der Waals surface area (Å²) in [5, 5.41) is 16.0. The summed E-state index contributed by atoms with van der Waals surface area (Å²) in [6.45, 7) is 4.16. The number of nitrogens with zero attached hydrogens (tertiary/aromatic N) is 4. The van der Waals surface area contributed by atoms with Crippen molar-refractivity contribution in [1.82, 2.24) is 25.2 Å². The topological polar surface area (TPSA) is 66.6 Å². The molecule has 1 aliphatic carbocycles. The van der Waals surface area contributed by atoms with E-state index in [9.17, 15) is 0 Å². The van der Waals surface area contributed by atoms with Crippen LogP contribution >= 0.6 is 35.6 Å². The van der Waals surface area contributed by atoms with Crippen LogP contribution in [0, 0.1) is 0 Å². The molecule has 148 valence electrons. The summed E-state index contributed by atoms with van der Waals surface area (Å²) in [6.07, 6.45) is 4.28. The van der Waals surface area contributed by atoms with Crippen molar-refractivity contribution in [3.63, 3.8) is 0 Å². The van der Waals surface area contributed by atoms with Gasteiger partial charge in [0.2, 0.25) is 0 Å². The third-order valence-electron chi connectivity index (χ3n) is 4.99. The molecule has 2 aromatic heterocycles. The van der Waals surface area contributed by atoms with Crippen LogP contribution in [0.25, 0.3) is 5.65 Å². The average molecular weight is 511 g/mol. The van der Waals surface area contributed by atoms with E-state index in [0.29, 0.717) is 6.54 Å². The fraction of sp³-hybridized carbons (Fsp3) is 0.350. The van der Waals surface area contributed by atoms with Gasteiger partial charge in [-0.05, 0) is 49.6 Å². The first kappa shape index (κ1) is 20.9. The van der Waals surface area contributed by atoms with Gasteiger partial charge < -0.3 is 10.6 Å². The van der Waals surface area contributed by atoms with Crippen LogP contribution in [0.1, 0.15) is 31.2 Å². The Balaban J connectivity index is 0.00000225. The zero-order valence-electron chi connectivity index (χ0n) is 15.7. The normalized spacial score (nSPS) is 15.1. The first-order valence-corrected chi connectivity index (χ1v) is 9.65. The number of fused-ring (bicyclic) bond motifs is 1. The van der Waals surface area contributed by atoms with Crippen molar-refractivity contribution in [1.29, 1.82) is 0 Å². The number of benzene rings is 1. The van der Waals surface area contributed by atoms with Crippen LogP contribution in [-0.2, 0) is 12.0 Å². The molecule has 1 aliphatic rings. The molecule has 1 fully saturated rings. The summed E-state index contributed by atoms with van der Waals surface area (Å²) in [4.78, 5) is 4.69. The van der Waals surface area contributed by atoms with E-state index in [1.54, 1.807) is 0 Å². The molecule has 2 N–H and O–H groups in total. The van der Waals surface area contributed by atoms with E-state index in [4.69, 9.17) is 16.6 Å². The number of rotatable bonds is 6. The minimum atomic E-state index is 0. The zero-order valence-corrected chi connectivity index (χ0v) is 18.8. The number of hydrogen-bond acceptors (Lipinski definition) is 3. The van der Waals surface area contributed by atoms with Gasteiger partial charge in [-0.2, -0.15) is 0 Å². The van der Waals surface area contributed by atoms with Gasteiger partial charge in [0.05, 0.1) is 0 Å². The highest BCUT2D eigenvalue weighted by molar-refractivity contribution is 14.0. The summed E-state index contributed by atoms with van der Waals surface area (Å²) in [5.74, 6) is 1.61. The standard InChI is InChI=1S/C20H23ClN6.HI/c1-2-22-19(23-13-18-26-25-17-8-3-4-11-27(17)18)24-14-20(9-10-20)15-6-5-7-16(21)12-15;/h3-8,11-12H,2,9-10,13-14H2,1H3,(H2,22,23,24);1H.